The van der Waals surface area contributed by atoms with Gasteiger partial charge in [0.25, 0.3) is 0 Å². The maximum atomic E-state index is 14.7. The van der Waals surface area contributed by atoms with Crippen molar-refractivity contribution in [2.45, 2.75) is 11.8 Å². The van der Waals surface area contributed by atoms with E-state index in [9.17, 15) is 9.18 Å². The number of hydrogen-bond donors (Lipinski definition) is 2. The lowest BCUT2D eigenvalue weighted by atomic mass is 10.0. The predicted molar refractivity (Wildman–Crippen MR) is 107 cm³/mol. The first kappa shape index (κ1) is 18.8. The predicted octanol–water partition coefficient (Wildman–Crippen LogP) is 3.76. The lowest BCUT2D eigenvalue weighted by Gasteiger charge is -2.11. The second kappa shape index (κ2) is 8.64. The van der Waals surface area contributed by atoms with Crippen molar-refractivity contribution in [1.29, 1.82) is 0 Å². The third-order valence-corrected chi connectivity index (χ3v) is 4.92. The molecule has 0 unspecified atom stereocenters. The first-order chi connectivity index (χ1) is 13.1. The van der Waals surface area contributed by atoms with Crippen LogP contribution >= 0.6 is 11.8 Å². The maximum absolute atomic E-state index is 14.7. The lowest BCUT2D eigenvalue weighted by molar-refractivity contribution is -0.118. The van der Waals surface area contributed by atoms with Crippen LogP contribution in [0.3, 0.4) is 0 Å². The molecule has 0 atom stereocenters. The van der Waals surface area contributed by atoms with E-state index in [1.54, 1.807) is 6.07 Å². The Morgan fingerprint density at radius 1 is 1.15 bits per heavy atom. The molecular formula is C20H19FN4OS. The molecule has 0 saturated heterocycles. The summed E-state index contributed by atoms with van der Waals surface area (Å²) in [6, 6.07) is 12.6. The Bertz CT molecular complexity index is 947. The van der Waals surface area contributed by atoms with Gasteiger partial charge in [0.05, 0.1) is 23.8 Å². The number of nitrogens with one attached hydrogen (secondary N) is 1. The lowest BCUT2D eigenvalue weighted by Crippen LogP contribution is -2.24. The van der Waals surface area contributed by atoms with E-state index < -0.39 is 5.82 Å². The molecule has 0 radical (unpaired) electrons. The van der Waals surface area contributed by atoms with Crippen LogP contribution in [0.1, 0.15) is 6.92 Å². The minimum absolute atomic E-state index is 0.0271. The summed E-state index contributed by atoms with van der Waals surface area (Å²) in [6.07, 6.45) is 2.85. The molecule has 3 aromatic rings. The zero-order valence-corrected chi connectivity index (χ0v) is 15.6. The molecule has 7 heteroatoms. The average Bonchev–Trinajstić information content (AvgIpc) is 2.68. The quantitative estimate of drug-likeness (QED) is 0.635. The molecule has 2 aromatic carbocycles. The molecule has 1 heterocycles. The van der Waals surface area contributed by atoms with Crippen molar-refractivity contribution in [2.24, 2.45) is 0 Å². The molecule has 138 valence electrons. The van der Waals surface area contributed by atoms with E-state index in [0.717, 1.165) is 16.0 Å². The molecule has 0 fully saturated rings. The standard InChI is InChI=1S/C20H19FN4OS/c1-2-23-20(26)12-27-18-6-4-3-5-14(18)13-7-8-15(16(21)9-13)17-10-25-19(22)11-24-17/h3-11H,2,12H2,1H3,(H2,22,25)(H,23,26). The number of nitrogen functional groups attached to an aromatic ring is 1. The van der Waals surface area contributed by atoms with Gasteiger partial charge in [-0.05, 0) is 36.2 Å². The van der Waals surface area contributed by atoms with Crippen LogP contribution in [0.15, 0.2) is 59.8 Å². The van der Waals surface area contributed by atoms with Crippen molar-refractivity contribution in [3.8, 4) is 22.4 Å². The number of nitrogens with zero attached hydrogens (tertiary/aromatic N) is 2. The van der Waals surface area contributed by atoms with Gasteiger partial charge in [0.2, 0.25) is 5.91 Å². The molecule has 3 rings (SSSR count). The number of carbonyl (C=O) groups excluding carboxylic acids is 1. The van der Waals surface area contributed by atoms with Crippen LogP contribution in [0.5, 0.6) is 0 Å². The van der Waals surface area contributed by atoms with E-state index in [1.807, 2.05) is 37.3 Å². The van der Waals surface area contributed by atoms with Gasteiger partial charge in [-0.3, -0.25) is 9.78 Å². The zero-order valence-electron chi connectivity index (χ0n) is 14.8. The summed E-state index contributed by atoms with van der Waals surface area (Å²) in [5.41, 5.74) is 7.92. The Morgan fingerprint density at radius 3 is 2.67 bits per heavy atom. The number of carbonyl (C=O) groups is 1. The molecule has 0 spiro atoms. The normalized spacial score (nSPS) is 10.6. The van der Waals surface area contributed by atoms with Gasteiger partial charge in [0.15, 0.2) is 0 Å². The molecule has 0 aliphatic rings. The highest BCUT2D eigenvalue weighted by atomic mass is 32.2. The van der Waals surface area contributed by atoms with Gasteiger partial charge < -0.3 is 11.1 Å². The van der Waals surface area contributed by atoms with Crippen molar-refractivity contribution in [3.63, 3.8) is 0 Å². The van der Waals surface area contributed by atoms with Crippen LogP contribution < -0.4 is 11.1 Å². The minimum atomic E-state index is -0.393. The number of hydrogen-bond acceptors (Lipinski definition) is 5. The van der Waals surface area contributed by atoms with E-state index in [1.165, 1.54) is 30.2 Å². The molecule has 0 aliphatic carbocycles. The fourth-order valence-corrected chi connectivity index (χ4v) is 3.49. The first-order valence-corrected chi connectivity index (χ1v) is 9.43. The molecule has 27 heavy (non-hydrogen) atoms. The highest BCUT2D eigenvalue weighted by molar-refractivity contribution is 8.00. The van der Waals surface area contributed by atoms with Gasteiger partial charge >= 0.3 is 0 Å². The summed E-state index contributed by atoms with van der Waals surface area (Å²) in [5, 5.41) is 2.77. The average molecular weight is 382 g/mol. The fourth-order valence-electron chi connectivity index (χ4n) is 2.59. The summed E-state index contributed by atoms with van der Waals surface area (Å²) in [5.74, 6) is 0.177. The molecule has 0 saturated carbocycles. The molecule has 3 N–H and O–H groups in total. The molecule has 5 nitrogen and oxygen atoms in total. The summed E-state index contributed by atoms with van der Waals surface area (Å²) in [6.45, 7) is 2.48. The van der Waals surface area contributed by atoms with Gasteiger partial charge in [-0.25, -0.2) is 9.37 Å². The topological polar surface area (TPSA) is 80.9 Å². The third kappa shape index (κ3) is 4.62. The summed E-state index contributed by atoms with van der Waals surface area (Å²) >= 11 is 1.43. The number of anilines is 1. The van der Waals surface area contributed by atoms with Crippen molar-refractivity contribution in [1.82, 2.24) is 15.3 Å². The Morgan fingerprint density at radius 2 is 1.96 bits per heavy atom. The Kier molecular flexibility index (Phi) is 6.03. The number of amides is 1. The van der Waals surface area contributed by atoms with Crippen LogP contribution in [-0.2, 0) is 4.79 Å². The number of benzene rings is 2. The maximum Gasteiger partial charge on any atom is 0.230 e. The van der Waals surface area contributed by atoms with Crippen LogP contribution in [-0.4, -0.2) is 28.2 Å². The van der Waals surface area contributed by atoms with Gasteiger partial charge in [-0.2, -0.15) is 0 Å². The number of nitrogens with two attached hydrogens (primary N) is 1. The highest BCUT2D eigenvalue weighted by Gasteiger charge is 2.12. The van der Waals surface area contributed by atoms with E-state index in [0.29, 0.717) is 23.6 Å². The zero-order chi connectivity index (χ0) is 19.2. The van der Waals surface area contributed by atoms with Gasteiger partial charge in [0.1, 0.15) is 11.6 Å². The van der Waals surface area contributed by atoms with Gasteiger partial charge in [-0.1, -0.05) is 24.3 Å². The van der Waals surface area contributed by atoms with Gasteiger partial charge in [0, 0.05) is 17.0 Å². The van der Waals surface area contributed by atoms with Crippen LogP contribution in [0.4, 0.5) is 10.2 Å². The van der Waals surface area contributed by atoms with E-state index in [2.05, 4.69) is 15.3 Å². The number of halogens is 1. The Labute approximate surface area is 161 Å². The first-order valence-electron chi connectivity index (χ1n) is 8.45. The SMILES string of the molecule is CCNC(=O)CSc1ccccc1-c1ccc(-c2cnc(N)cn2)c(F)c1. The number of thioether (sulfide) groups is 1. The van der Waals surface area contributed by atoms with Gasteiger partial charge in [-0.15, -0.1) is 11.8 Å². The molecular weight excluding hydrogens is 363 g/mol. The summed E-state index contributed by atoms with van der Waals surface area (Å²) < 4.78 is 14.7. The third-order valence-electron chi connectivity index (χ3n) is 3.85. The number of aromatic nitrogens is 2. The minimum Gasteiger partial charge on any atom is -0.382 e. The highest BCUT2D eigenvalue weighted by Crippen LogP contribution is 2.33. The van der Waals surface area contributed by atoms with Crippen LogP contribution in [0.2, 0.25) is 0 Å². The second-order valence-corrected chi connectivity index (χ2v) is 6.78. The van der Waals surface area contributed by atoms with Crippen molar-refractivity contribution in [2.75, 3.05) is 18.0 Å². The van der Waals surface area contributed by atoms with Crippen LogP contribution in [0.25, 0.3) is 22.4 Å². The molecule has 1 amide bonds. The smallest absolute Gasteiger partial charge is 0.230 e. The van der Waals surface area contributed by atoms with Crippen LogP contribution in [0, 0.1) is 5.82 Å². The second-order valence-electron chi connectivity index (χ2n) is 5.76. The van der Waals surface area contributed by atoms with Crippen molar-refractivity contribution < 1.29 is 9.18 Å². The number of rotatable bonds is 6. The van der Waals surface area contributed by atoms with Crippen molar-refractivity contribution >= 4 is 23.5 Å². The van der Waals surface area contributed by atoms with Crippen molar-refractivity contribution in [3.05, 3.63) is 60.7 Å². The molecule has 0 bridgehead atoms. The Balaban J connectivity index is 1.88. The largest absolute Gasteiger partial charge is 0.382 e. The summed E-state index contributed by atoms with van der Waals surface area (Å²) in [7, 11) is 0. The fraction of sp³-hybridized carbons (Fsp3) is 0.150. The summed E-state index contributed by atoms with van der Waals surface area (Å²) in [4.78, 5) is 20.7. The monoisotopic (exact) mass is 382 g/mol. The van der Waals surface area contributed by atoms with E-state index in [-0.39, 0.29) is 11.7 Å². The van der Waals surface area contributed by atoms with E-state index in [4.69, 9.17) is 5.73 Å². The van der Waals surface area contributed by atoms with E-state index >= 15 is 0 Å². The molecule has 0 aliphatic heterocycles. The Hall–Kier alpha value is -2.93. The molecule has 1 aromatic heterocycles.